The van der Waals surface area contributed by atoms with E-state index in [1.165, 1.54) is 23.5 Å². The van der Waals surface area contributed by atoms with Gasteiger partial charge in [0.1, 0.15) is 5.82 Å². The van der Waals surface area contributed by atoms with E-state index in [2.05, 4.69) is 21.2 Å². The number of hydrogen-bond acceptors (Lipinski definition) is 2. The highest BCUT2D eigenvalue weighted by atomic mass is 79.9. The first-order chi connectivity index (χ1) is 7.66. The maximum atomic E-state index is 13.4. The first-order valence-electron chi connectivity index (χ1n) is 4.45. The van der Waals surface area contributed by atoms with Crippen LogP contribution >= 0.6 is 27.3 Å². The SMILES string of the molecule is O=C(Nc1ccsc1)c1cc(Br)ccc1F. The minimum atomic E-state index is -0.532. The van der Waals surface area contributed by atoms with E-state index >= 15 is 0 Å². The van der Waals surface area contributed by atoms with Crippen molar-refractivity contribution in [2.24, 2.45) is 0 Å². The predicted molar refractivity (Wildman–Crippen MR) is 66.4 cm³/mol. The van der Waals surface area contributed by atoms with Gasteiger partial charge < -0.3 is 5.32 Å². The normalized spacial score (nSPS) is 10.1. The van der Waals surface area contributed by atoms with Gasteiger partial charge in [-0.2, -0.15) is 11.3 Å². The summed E-state index contributed by atoms with van der Waals surface area (Å²) in [5, 5.41) is 6.24. The molecule has 0 aliphatic rings. The summed E-state index contributed by atoms with van der Waals surface area (Å²) in [6.07, 6.45) is 0. The molecule has 0 spiro atoms. The van der Waals surface area contributed by atoms with Crippen molar-refractivity contribution in [2.75, 3.05) is 5.32 Å². The van der Waals surface area contributed by atoms with Gasteiger partial charge >= 0.3 is 0 Å². The Labute approximate surface area is 104 Å². The lowest BCUT2D eigenvalue weighted by molar-refractivity contribution is 0.102. The van der Waals surface area contributed by atoms with Crippen LogP contribution in [0.4, 0.5) is 10.1 Å². The number of benzene rings is 1. The van der Waals surface area contributed by atoms with Gasteiger partial charge in [0.25, 0.3) is 5.91 Å². The molecule has 1 N–H and O–H groups in total. The van der Waals surface area contributed by atoms with Crippen molar-refractivity contribution in [3.8, 4) is 0 Å². The summed E-state index contributed by atoms with van der Waals surface area (Å²) >= 11 is 4.66. The van der Waals surface area contributed by atoms with Gasteiger partial charge in [-0.15, -0.1) is 0 Å². The predicted octanol–water partition coefficient (Wildman–Crippen LogP) is 3.90. The molecule has 0 aliphatic heterocycles. The van der Waals surface area contributed by atoms with Gasteiger partial charge in [-0.3, -0.25) is 4.79 Å². The smallest absolute Gasteiger partial charge is 0.258 e. The standard InChI is InChI=1S/C11H7BrFNOS/c12-7-1-2-10(13)9(5-7)11(15)14-8-3-4-16-6-8/h1-6H,(H,14,15). The van der Waals surface area contributed by atoms with E-state index in [1.807, 2.05) is 5.38 Å². The number of anilines is 1. The molecule has 0 unspecified atom stereocenters. The second kappa shape index (κ2) is 4.76. The third-order valence-corrected chi connectivity index (χ3v) is 3.13. The van der Waals surface area contributed by atoms with Crippen LogP contribution in [0.25, 0.3) is 0 Å². The van der Waals surface area contributed by atoms with Crippen molar-refractivity contribution in [1.82, 2.24) is 0 Å². The van der Waals surface area contributed by atoms with Crippen LogP contribution in [-0.4, -0.2) is 5.91 Å². The number of carbonyl (C=O) groups excluding carboxylic acids is 1. The van der Waals surface area contributed by atoms with Gasteiger partial charge in [-0.05, 0) is 29.6 Å². The Kier molecular flexibility index (Phi) is 3.36. The molecule has 16 heavy (non-hydrogen) atoms. The molecule has 0 saturated heterocycles. The molecule has 0 bridgehead atoms. The van der Waals surface area contributed by atoms with Crippen molar-refractivity contribution in [1.29, 1.82) is 0 Å². The summed E-state index contributed by atoms with van der Waals surface area (Å²) in [6.45, 7) is 0. The van der Waals surface area contributed by atoms with Crippen LogP contribution in [0.5, 0.6) is 0 Å². The van der Waals surface area contributed by atoms with E-state index in [4.69, 9.17) is 0 Å². The molecular weight excluding hydrogens is 293 g/mol. The fourth-order valence-corrected chi connectivity index (χ4v) is 2.15. The van der Waals surface area contributed by atoms with Crippen LogP contribution in [0.3, 0.4) is 0 Å². The molecule has 0 radical (unpaired) electrons. The van der Waals surface area contributed by atoms with Crippen LogP contribution in [0.1, 0.15) is 10.4 Å². The average molecular weight is 300 g/mol. The van der Waals surface area contributed by atoms with E-state index in [9.17, 15) is 9.18 Å². The molecule has 2 aromatic rings. The Morgan fingerprint density at radius 2 is 2.19 bits per heavy atom. The van der Waals surface area contributed by atoms with E-state index in [1.54, 1.807) is 17.5 Å². The van der Waals surface area contributed by atoms with Crippen LogP contribution in [0.2, 0.25) is 0 Å². The minimum absolute atomic E-state index is 0.0283. The quantitative estimate of drug-likeness (QED) is 0.895. The Morgan fingerprint density at radius 3 is 2.88 bits per heavy atom. The number of amides is 1. The van der Waals surface area contributed by atoms with Crippen LogP contribution < -0.4 is 5.32 Å². The molecule has 5 heteroatoms. The average Bonchev–Trinajstić information content (AvgIpc) is 2.74. The van der Waals surface area contributed by atoms with Crippen LogP contribution in [-0.2, 0) is 0 Å². The van der Waals surface area contributed by atoms with Gasteiger partial charge in [0.05, 0.1) is 11.3 Å². The topological polar surface area (TPSA) is 29.1 Å². The highest BCUT2D eigenvalue weighted by molar-refractivity contribution is 9.10. The van der Waals surface area contributed by atoms with Gasteiger partial charge in [0, 0.05) is 9.85 Å². The van der Waals surface area contributed by atoms with Crippen molar-refractivity contribution < 1.29 is 9.18 Å². The lowest BCUT2D eigenvalue weighted by Gasteiger charge is -2.04. The van der Waals surface area contributed by atoms with E-state index in [0.29, 0.717) is 10.2 Å². The summed E-state index contributed by atoms with van der Waals surface area (Å²) in [6, 6.07) is 6.03. The number of halogens is 2. The maximum Gasteiger partial charge on any atom is 0.258 e. The minimum Gasteiger partial charge on any atom is -0.321 e. The molecule has 2 rings (SSSR count). The van der Waals surface area contributed by atoms with Crippen LogP contribution in [0.15, 0.2) is 39.5 Å². The zero-order valence-corrected chi connectivity index (χ0v) is 10.4. The molecule has 0 atom stereocenters. The van der Waals surface area contributed by atoms with E-state index in [-0.39, 0.29) is 5.56 Å². The molecule has 82 valence electrons. The molecule has 2 nitrogen and oxygen atoms in total. The largest absolute Gasteiger partial charge is 0.321 e. The number of rotatable bonds is 2. The first kappa shape index (κ1) is 11.3. The Morgan fingerprint density at radius 1 is 1.38 bits per heavy atom. The Balaban J connectivity index is 2.24. The summed E-state index contributed by atoms with van der Waals surface area (Å²) in [4.78, 5) is 11.7. The molecular formula is C11H7BrFNOS. The van der Waals surface area contributed by atoms with E-state index < -0.39 is 11.7 Å². The lowest BCUT2D eigenvalue weighted by Crippen LogP contribution is -2.13. The zero-order valence-electron chi connectivity index (χ0n) is 8.04. The second-order valence-corrected chi connectivity index (χ2v) is 4.79. The molecule has 1 amide bonds. The Hall–Kier alpha value is -1.20. The van der Waals surface area contributed by atoms with Crippen molar-refractivity contribution in [3.63, 3.8) is 0 Å². The molecule has 0 saturated carbocycles. The Bertz CT molecular complexity index is 513. The lowest BCUT2D eigenvalue weighted by atomic mass is 10.2. The molecule has 1 aromatic heterocycles. The van der Waals surface area contributed by atoms with Gasteiger partial charge in [0.15, 0.2) is 0 Å². The fourth-order valence-electron chi connectivity index (χ4n) is 1.21. The second-order valence-electron chi connectivity index (χ2n) is 3.09. The zero-order chi connectivity index (χ0) is 11.5. The number of thiophene rings is 1. The molecule has 1 aromatic carbocycles. The summed E-state index contributed by atoms with van der Waals surface area (Å²) in [7, 11) is 0. The highest BCUT2D eigenvalue weighted by Gasteiger charge is 2.12. The van der Waals surface area contributed by atoms with Crippen molar-refractivity contribution >= 4 is 38.9 Å². The van der Waals surface area contributed by atoms with Crippen LogP contribution in [0, 0.1) is 5.82 Å². The third-order valence-electron chi connectivity index (χ3n) is 1.95. The monoisotopic (exact) mass is 299 g/mol. The van der Waals surface area contributed by atoms with E-state index in [0.717, 1.165) is 0 Å². The number of carbonyl (C=O) groups is 1. The number of hydrogen-bond donors (Lipinski definition) is 1. The molecule has 0 fully saturated rings. The van der Waals surface area contributed by atoms with Gasteiger partial charge in [-0.1, -0.05) is 15.9 Å². The summed E-state index contributed by atoms with van der Waals surface area (Å²) < 4.78 is 14.0. The molecule has 1 heterocycles. The van der Waals surface area contributed by atoms with Crippen molar-refractivity contribution in [2.45, 2.75) is 0 Å². The molecule has 0 aliphatic carbocycles. The number of nitrogens with one attached hydrogen (secondary N) is 1. The summed E-state index contributed by atoms with van der Waals surface area (Å²) in [5.41, 5.74) is 0.704. The fraction of sp³-hybridized carbons (Fsp3) is 0. The van der Waals surface area contributed by atoms with Gasteiger partial charge in [-0.25, -0.2) is 4.39 Å². The highest BCUT2D eigenvalue weighted by Crippen LogP contribution is 2.18. The van der Waals surface area contributed by atoms with Crippen molar-refractivity contribution in [3.05, 3.63) is 50.9 Å². The maximum absolute atomic E-state index is 13.4. The third kappa shape index (κ3) is 2.48. The van der Waals surface area contributed by atoms with Gasteiger partial charge in [0.2, 0.25) is 0 Å². The first-order valence-corrected chi connectivity index (χ1v) is 6.19. The summed E-state index contributed by atoms with van der Waals surface area (Å²) in [5.74, 6) is -0.979.